The molecule has 1 amide bonds. The summed E-state index contributed by atoms with van der Waals surface area (Å²) >= 11 is 0. The lowest BCUT2D eigenvalue weighted by molar-refractivity contribution is 0.101. The van der Waals surface area contributed by atoms with Crippen molar-refractivity contribution in [3.63, 3.8) is 0 Å². The quantitative estimate of drug-likeness (QED) is 0.706. The van der Waals surface area contributed by atoms with E-state index in [0.29, 0.717) is 17.2 Å². The molecule has 2 aromatic rings. The van der Waals surface area contributed by atoms with Crippen LogP contribution in [0.5, 0.6) is 11.5 Å². The van der Waals surface area contributed by atoms with Crippen LogP contribution >= 0.6 is 0 Å². The topological polar surface area (TPSA) is 115 Å². The molecule has 0 atom stereocenters. The number of rotatable bonds is 2. The number of anilines is 2. The van der Waals surface area contributed by atoms with Crippen molar-refractivity contribution in [1.29, 1.82) is 0 Å². The maximum atomic E-state index is 11.8. The van der Waals surface area contributed by atoms with Crippen LogP contribution in [-0.2, 0) is 0 Å². The Morgan fingerprint density at radius 1 is 1.39 bits per heavy atom. The zero-order chi connectivity index (χ0) is 12.5. The summed E-state index contributed by atoms with van der Waals surface area (Å²) in [5, 5.41) is 8.63. The number of carbonyl (C=O) groups excluding carboxylic acids is 1. The van der Waals surface area contributed by atoms with E-state index < -0.39 is 5.91 Å². The fourth-order valence-electron chi connectivity index (χ4n) is 1.54. The molecule has 4 N–H and O–H groups in total. The Labute approximate surface area is 101 Å². The van der Waals surface area contributed by atoms with Crippen molar-refractivity contribution in [2.75, 3.05) is 17.8 Å². The minimum Gasteiger partial charge on any atom is -0.454 e. The van der Waals surface area contributed by atoms with Crippen LogP contribution in [-0.4, -0.2) is 27.9 Å². The van der Waals surface area contributed by atoms with E-state index in [1.807, 2.05) is 0 Å². The van der Waals surface area contributed by atoms with Crippen molar-refractivity contribution in [2.24, 2.45) is 0 Å². The number of benzene rings is 1. The van der Waals surface area contributed by atoms with E-state index in [4.69, 9.17) is 15.2 Å². The molecule has 0 unspecified atom stereocenters. The second-order valence-corrected chi connectivity index (χ2v) is 3.56. The van der Waals surface area contributed by atoms with Gasteiger partial charge < -0.3 is 20.5 Å². The number of fused-ring (bicyclic) bond motifs is 1. The zero-order valence-corrected chi connectivity index (χ0v) is 9.14. The first kappa shape index (κ1) is 10.4. The molecule has 8 heteroatoms. The highest BCUT2D eigenvalue weighted by Crippen LogP contribution is 2.34. The number of nitrogens with zero attached hydrogens (tertiary/aromatic N) is 2. The Hall–Kier alpha value is -2.77. The highest BCUT2D eigenvalue weighted by Gasteiger charge is 2.15. The lowest BCUT2D eigenvalue weighted by Crippen LogP contribution is -2.13. The molecule has 2 heterocycles. The van der Waals surface area contributed by atoms with Gasteiger partial charge in [-0.3, -0.25) is 9.89 Å². The van der Waals surface area contributed by atoms with E-state index in [2.05, 4.69) is 20.5 Å². The average Bonchev–Trinajstić information content (AvgIpc) is 2.96. The first-order chi connectivity index (χ1) is 8.72. The minimum atomic E-state index is -0.432. The molecule has 0 saturated carbocycles. The molecule has 0 radical (unpaired) electrons. The van der Waals surface area contributed by atoms with Crippen LogP contribution in [0.4, 0.5) is 11.6 Å². The Bertz CT molecular complexity index is 609. The van der Waals surface area contributed by atoms with Crippen LogP contribution in [0.3, 0.4) is 0 Å². The van der Waals surface area contributed by atoms with E-state index in [0.717, 1.165) is 0 Å². The van der Waals surface area contributed by atoms with Crippen LogP contribution in [0.2, 0.25) is 0 Å². The van der Waals surface area contributed by atoms with Crippen molar-refractivity contribution in [3.8, 4) is 11.5 Å². The number of aromatic amines is 1. The molecular formula is C10H9N5O3. The molecule has 8 nitrogen and oxygen atoms in total. The Morgan fingerprint density at radius 2 is 2.22 bits per heavy atom. The largest absolute Gasteiger partial charge is 0.454 e. The van der Waals surface area contributed by atoms with Crippen LogP contribution in [0.25, 0.3) is 0 Å². The van der Waals surface area contributed by atoms with Crippen LogP contribution < -0.4 is 20.5 Å². The van der Waals surface area contributed by atoms with Gasteiger partial charge in [-0.25, -0.2) is 0 Å². The molecule has 0 aliphatic carbocycles. The Kier molecular flexibility index (Phi) is 2.26. The predicted molar refractivity (Wildman–Crippen MR) is 61.3 cm³/mol. The van der Waals surface area contributed by atoms with Crippen molar-refractivity contribution in [2.45, 2.75) is 0 Å². The predicted octanol–water partition coefficient (Wildman–Crippen LogP) is 0.368. The second-order valence-electron chi connectivity index (χ2n) is 3.56. The Balaban J connectivity index is 1.78. The van der Waals surface area contributed by atoms with Crippen LogP contribution in [0.1, 0.15) is 10.6 Å². The van der Waals surface area contributed by atoms with Gasteiger partial charge in [0.2, 0.25) is 18.6 Å². The van der Waals surface area contributed by atoms with Gasteiger partial charge in [0.1, 0.15) is 0 Å². The maximum absolute atomic E-state index is 11.8. The van der Waals surface area contributed by atoms with Crippen LogP contribution in [0.15, 0.2) is 18.2 Å². The third-order valence-electron chi connectivity index (χ3n) is 2.35. The van der Waals surface area contributed by atoms with E-state index in [1.165, 1.54) is 0 Å². The van der Waals surface area contributed by atoms with Gasteiger partial charge in [0.05, 0.1) is 0 Å². The third-order valence-corrected chi connectivity index (χ3v) is 2.35. The number of carbonyl (C=O) groups is 1. The molecule has 1 aliphatic rings. The monoisotopic (exact) mass is 247 g/mol. The molecule has 3 rings (SSSR count). The summed E-state index contributed by atoms with van der Waals surface area (Å²) in [7, 11) is 0. The number of ether oxygens (including phenoxy) is 2. The van der Waals surface area contributed by atoms with E-state index >= 15 is 0 Å². The van der Waals surface area contributed by atoms with Gasteiger partial charge in [-0.15, -0.1) is 5.10 Å². The second kappa shape index (κ2) is 3.91. The Morgan fingerprint density at radius 3 is 3.00 bits per heavy atom. The smallest absolute Gasteiger partial charge is 0.293 e. The van der Waals surface area contributed by atoms with E-state index in [1.54, 1.807) is 18.2 Å². The van der Waals surface area contributed by atoms with Crippen molar-refractivity contribution < 1.29 is 14.3 Å². The fourth-order valence-corrected chi connectivity index (χ4v) is 1.54. The lowest BCUT2D eigenvalue weighted by Gasteiger charge is -2.03. The van der Waals surface area contributed by atoms with Gasteiger partial charge in [0.15, 0.2) is 11.5 Å². The number of nitrogens with one attached hydrogen (secondary N) is 2. The van der Waals surface area contributed by atoms with E-state index in [9.17, 15) is 4.79 Å². The molecule has 0 saturated heterocycles. The highest BCUT2D eigenvalue weighted by atomic mass is 16.7. The number of nitrogen functional groups attached to an aromatic ring is 1. The molecule has 1 aromatic carbocycles. The van der Waals surface area contributed by atoms with Gasteiger partial charge in [0, 0.05) is 11.8 Å². The standard InChI is InChI=1S/C10H9N5O3/c11-10-13-8(14-15-10)9(16)12-5-1-2-6-7(3-5)18-4-17-6/h1-3H,4H2,(H,12,16)(H3,11,13,14,15). The number of H-pyrrole nitrogens is 1. The summed E-state index contributed by atoms with van der Waals surface area (Å²) < 4.78 is 10.4. The minimum absolute atomic E-state index is 0.0193. The molecule has 1 aromatic heterocycles. The van der Waals surface area contributed by atoms with Gasteiger partial charge in [-0.2, -0.15) is 4.98 Å². The van der Waals surface area contributed by atoms with Gasteiger partial charge >= 0.3 is 0 Å². The molecular weight excluding hydrogens is 238 g/mol. The summed E-state index contributed by atoms with van der Waals surface area (Å²) in [4.78, 5) is 15.5. The molecule has 0 spiro atoms. The molecule has 0 bridgehead atoms. The summed E-state index contributed by atoms with van der Waals surface area (Å²) in [5.74, 6) is 0.871. The normalized spacial score (nSPS) is 12.4. The fraction of sp³-hybridized carbons (Fsp3) is 0.100. The number of nitrogens with two attached hydrogens (primary N) is 1. The summed E-state index contributed by atoms with van der Waals surface area (Å²) in [5.41, 5.74) is 5.88. The first-order valence-electron chi connectivity index (χ1n) is 5.11. The van der Waals surface area contributed by atoms with Crippen LogP contribution in [0, 0.1) is 0 Å². The molecule has 18 heavy (non-hydrogen) atoms. The average molecular weight is 247 g/mol. The SMILES string of the molecule is Nc1n[nH]c(C(=O)Nc2ccc3c(c2)OCO3)n1. The maximum Gasteiger partial charge on any atom is 0.293 e. The lowest BCUT2D eigenvalue weighted by atomic mass is 10.3. The zero-order valence-electron chi connectivity index (χ0n) is 9.14. The third kappa shape index (κ3) is 1.79. The van der Waals surface area contributed by atoms with Gasteiger partial charge in [-0.1, -0.05) is 0 Å². The molecule has 0 fully saturated rings. The van der Waals surface area contributed by atoms with Crippen molar-refractivity contribution >= 4 is 17.5 Å². The summed E-state index contributed by atoms with van der Waals surface area (Å²) in [6, 6.07) is 5.08. The van der Waals surface area contributed by atoms with Gasteiger partial charge in [-0.05, 0) is 12.1 Å². The number of amides is 1. The van der Waals surface area contributed by atoms with Crippen molar-refractivity contribution in [3.05, 3.63) is 24.0 Å². The number of aromatic nitrogens is 3. The highest BCUT2D eigenvalue weighted by molar-refractivity contribution is 6.01. The molecule has 92 valence electrons. The number of hydrogen-bond donors (Lipinski definition) is 3. The molecule has 1 aliphatic heterocycles. The first-order valence-corrected chi connectivity index (χ1v) is 5.11. The van der Waals surface area contributed by atoms with E-state index in [-0.39, 0.29) is 18.6 Å². The number of hydrogen-bond acceptors (Lipinski definition) is 6. The summed E-state index contributed by atoms with van der Waals surface area (Å²) in [6.45, 7) is 0.186. The van der Waals surface area contributed by atoms with Crippen molar-refractivity contribution in [1.82, 2.24) is 15.2 Å². The summed E-state index contributed by atoms with van der Waals surface area (Å²) in [6.07, 6.45) is 0. The van der Waals surface area contributed by atoms with Gasteiger partial charge in [0.25, 0.3) is 5.91 Å².